The van der Waals surface area contributed by atoms with Crippen molar-refractivity contribution in [2.75, 3.05) is 0 Å². The van der Waals surface area contributed by atoms with E-state index >= 15 is 0 Å². The van der Waals surface area contributed by atoms with Crippen molar-refractivity contribution in [2.24, 2.45) is 0 Å². The topological polar surface area (TPSA) is 17.1 Å². The first-order chi connectivity index (χ1) is 7.41. The minimum absolute atomic E-state index is 0.672. The van der Waals surface area contributed by atoms with Gasteiger partial charge in [0.15, 0.2) is 0 Å². The van der Waals surface area contributed by atoms with E-state index in [4.69, 9.17) is 0 Å². The largest absolute Gasteiger partial charge is 0.303 e. The summed E-state index contributed by atoms with van der Waals surface area (Å²) < 4.78 is 0. The lowest BCUT2D eigenvalue weighted by atomic mass is 10.2. The number of carbonyl (C=O) groups excluding carboxylic acids is 1. The Balaban J connectivity index is 3.58. The van der Waals surface area contributed by atoms with E-state index in [0.29, 0.717) is 6.42 Å². The number of unbranched alkanes of at least 4 members (excludes halogenated alkanes) is 3. The highest BCUT2D eigenvalue weighted by Gasteiger charge is 1.82. The lowest BCUT2D eigenvalue weighted by molar-refractivity contribution is -0.107. The molecule has 0 saturated carbocycles. The fraction of sp³-hybridized carbons (Fsp3) is 0.286. The van der Waals surface area contributed by atoms with Gasteiger partial charge in [-0.1, -0.05) is 35.8 Å². The molecule has 15 heavy (non-hydrogen) atoms. The zero-order valence-corrected chi connectivity index (χ0v) is 8.91. The monoisotopic (exact) mass is 200 g/mol. The fourth-order valence-electron chi connectivity index (χ4n) is 0.925. The van der Waals surface area contributed by atoms with Gasteiger partial charge < -0.3 is 4.79 Å². The molecule has 0 spiro atoms. The molecule has 0 aromatic carbocycles. The highest BCUT2D eigenvalue weighted by atomic mass is 16.1. The molecule has 0 radical (unpaired) electrons. The van der Waals surface area contributed by atoms with E-state index in [2.05, 4.69) is 29.8 Å². The summed E-state index contributed by atoms with van der Waals surface area (Å²) in [7, 11) is 0. The van der Waals surface area contributed by atoms with Crippen LogP contribution >= 0.6 is 0 Å². The molecule has 78 valence electrons. The molecule has 0 N–H and O–H groups in total. The third-order valence-corrected chi connectivity index (χ3v) is 1.64. The fourth-order valence-corrected chi connectivity index (χ4v) is 0.925. The first-order valence-corrected chi connectivity index (χ1v) is 5.03. The molecule has 0 bridgehead atoms. The molecule has 0 aliphatic heterocycles. The lowest BCUT2D eigenvalue weighted by Gasteiger charge is -1.89. The zero-order valence-electron chi connectivity index (χ0n) is 8.91. The van der Waals surface area contributed by atoms with Crippen LogP contribution in [0.1, 0.15) is 25.7 Å². The first-order valence-electron chi connectivity index (χ1n) is 5.03. The van der Waals surface area contributed by atoms with Gasteiger partial charge in [0.2, 0.25) is 0 Å². The number of allylic oxidation sites excluding steroid dienone is 5. The van der Waals surface area contributed by atoms with Gasteiger partial charge in [0, 0.05) is 6.42 Å². The van der Waals surface area contributed by atoms with Crippen molar-refractivity contribution >= 4 is 6.29 Å². The average molecular weight is 200 g/mol. The molecule has 0 aliphatic rings. The Labute approximate surface area is 91.5 Å². The van der Waals surface area contributed by atoms with E-state index in [1.165, 1.54) is 0 Å². The number of hydrogen-bond donors (Lipinski definition) is 0. The summed E-state index contributed by atoms with van der Waals surface area (Å²) in [4.78, 5) is 10.0. The molecule has 0 aliphatic carbocycles. The molecule has 0 aromatic rings. The van der Waals surface area contributed by atoms with Gasteiger partial charge in [-0.05, 0) is 37.6 Å². The van der Waals surface area contributed by atoms with Crippen LogP contribution in [0.2, 0.25) is 0 Å². The molecule has 0 atom stereocenters. The van der Waals surface area contributed by atoms with Gasteiger partial charge in [-0.3, -0.25) is 0 Å². The van der Waals surface area contributed by atoms with Crippen LogP contribution in [0, 0.1) is 0 Å². The molecule has 0 unspecified atom stereocenters. The van der Waals surface area contributed by atoms with E-state index in [1.54, 1.807) is 6.08 Å². The molecular weight excluding hydrogens is 184 g/mol. The van der Waals surface area contributed by atoms with E-state index in [9.17, 15) is 4.79 Å². The second kappa shape index (κ2) is 12.2. The summed E-state index contributed by atoms with van der Waals surface area (Å²) in [5.41, 5.74) is 7.82. The zero-order chi connectivity index (χ0) is 11.2. The molecule has 1 nitrogen and oxygen atoms in total. The van der Waals surface area contributed by atoms with Crippen molar-refractivity contribution < 1.29 is 4.79 Å². The van der Waals surface area contributed by atoms with Crippen LogP contribution in [-0.2, 0) is 4.79 Å². The summed E-state index contributed by atoms with van der Waals surface area (Å²) in [6, 6.07) is 0. The second-order valence-electron chi connectivity index (χ2n) is 2.88. The van der Waals surface area contributed by atoms with Gasteiger partial charge >= 0.3 is 0 Å². The molecule has 0 heterocycles. The number of carbonyl (C=O) groups is 1. The predicted octanol–water partition coefficient (Wildman–Crippen LogP) is 3.51. The van der Waals surface area contributed by atoms with Gasteiger partial charge in [-0.15, -0.1) is 0 Å². The standard InChI is InChI=1S/C14H16O/c1-2-3-4-5-6-7-8-9-10-11-12-13-14-15/h5-9,14H,1,10-13H2/b7-6+,9-8+. The Kier molecular flexibility index (Phi) is 10.8. The first kappa shape index (κ1) is 13.2. The molecule has 0 saturated heterocycles. The number of aldehydes is 1. The van der Waals surface area contributed by atoms with Gasteiger partial charge in [0.1, 0.15) is 6.29 Å². The summed E-state index contributed by atoms with van der Waals surface area (Å²) in [6.07, 6.45) is 14.3. The lowest BCUT2D eigenvalue weighted by Crippen LogP contribution is -1.75. The summed E-state index contributed by atoms with van der Waals surface area (Å²) in [5.74, 6) is 0. The van der Waals surface area contributed by atoms with Crippen LogP contribution in [0.5, 0.6) is 0 Å². The average Bonchev–Trinajstić information content (AvgIpc) is 2.26. The number of rotatable bonds is 7. The van der Waals surface area contributed by atoms with Crippen molar-refractivity contribution in [3.05, 3.63) is 54.2 Å². The summed E-state index contributed by atoms with van der Waals surface area (Å²) in [5, 5.41) is 0. The van der Waals surface area contributed by atoms with Crippen molar-refractivity contribution in [1.29, 1.82) is 0 Å². The molecule has 0 amide bonds. The van der Waals surface area contributed by atoms with E-state index < -0.39 is 0 Å². The second-order valence-corrected chi connectivity index (χ2v) is 2.88. The molecular formula is C14H16O. The maximum absolute atomic E-state index is 10.0. The van der Waals surface area contributed by atoms with Crippen LogP contribution in [0.4, 0.5) is 0 Å². The quantitative estimate of drug-likeness (QED) is 0.266. The van der Waals surface area contributed by atoms with Gasteiger partial charge in [-0.25, -0.2) is 0 Å². The van der Waals surface area contributed by atoms with Crippen molar-refractivity contribution in [2.45, 2.75) is 25.7 Å². The Bertz CT molecular complexity index is 328. The minimum atomic E-state index is 0.672. The summed E-state index contributed by atoms with van der Waals surface area (Å²) >= 11 is 0. The van der Waals surface area contributed by atoms with Gasteiger partial charge in [-0.2, -0.15) is 0 Å². The Morgan fingerprint density at radius 1 is 1.07 bits per heavy atom. The van der Waals surface area contributed by atoms with Gasteiger partial charge in [0.25, 0.3) is 0 Å². The van der Waals surface area contributed by atoms with Crippen LogP contribution in [0.15, 0.2) is 54.2 Å². The van der Waals surface area contributed by atoms with Crippen molar-refractivity contribution in [3.8, 4) is 0 Å². The highest BCUT2D eigenvalue weighted by molar-refractivity contribution is 5.48. The van der Waals surface area contributed by atoms with Crippen molar-refractivity contribution in [1.82, 2.24) is 0 Å². The minimum Gasteiger partial charge on any atom is -0.303 e. The van der Waals surface area contributed by atoms with Crippen LogP contribution in [-0.4, -0.2) is 6.29 Å². The van der Waals surface area contributed by atoms with Crippen LogP contribution in [0.25, 0.3) is 0 Å². The smallest absolute Gasteiger partial charge is 0.119 e. The number of hydrogen-bond acceptors (Lipinski definition) is 1. The van der Waals surface area contributed by atoms with E-state index in [-0.39, 0.29) is 0 Å². The Hall–Kier alpha value is -1.77. The molecule has 0 rings (SSSR count). The molecule has 1 heteroatoms. The predicted molar refractivity (Wildman–Crippen MR) is 63.5 cm³/mol. The normalized spacial score (nSPS) is 9.60. The van der Waals surface area contributed by atoms with E-state index in [1.807, 2.05) is 18.2 Å². The third kappa shape index (κ3) is 12.2. The SMILES string of the molecule is C=C=C=C=C/C=C/C=C/CCCCC=O. The van der Waals surface area contributed by atoms with Crippen LogP contribution in [0.3, 0.4) is 0 Å². The van der Waals surface area contributed by atoms with Crippen molar-refractivity contribution in [3.63, 3.8) is 0 Å². The van der Waals surface area contributed by atoms with Crippen LogP contribution < -0.4 is 0 Å². The maximum Gasteiger partial charge on any atom is 0.119 e. The van der Waals surface area contributed by atoms with Gasteiger partial charge in [0.05, 0.1) is 0 Å². The summed E-state index contributed by atoms with van der Waals surface area (Å²) in [6.45, 7) is 3.36. The Morgan fingerprint density at radius 2 is 1.87 bits per heavy atom. The Morgan fingerprint density at radius 3 is 2.60 bits per heavy atom. The molecule has 0 aromatic heterocycles. The third-order valence-electron chi connectivity index (χ3n) is 1.64. The maximum atomic E-state index is 10.0. The molecule has 0 fully saturated rings. The van der Waals surface area contributed by atoms with E-state index in [0.717, 1.165) is 25.5 Å². The highest BCUT2D eigenvalue weighted by Crippen LogP contribution is 1.98.